The standard InChI is InChI=1S/C24H20N2O4S/c1-29-18-13-11-17(12-14-18)26-23(27)21(25-16-7-6-8-19(15-16)30-2)22(24(26)28)31-20-9-4-3-5-10-20/h3-15,25H,1-2H3. The molecule has 6 nitrogen and oxygen atoms in total. The van der Waals surface area contributed by atoms with Gasteiger partial charge in [-0.2, -0.15) is 0 Å². The molecule has 1 heterocycles. The highest BCUT2D eigenvalue weighted by Crippen LogP contribution is 2.38. The lowest BCUT2D eigenvalue weighted by Gasteiger charge is -2.15. The lowest BCUT2D eigenvalue weighted by Crippen LogP contribution is -2.32. The fourth-order valence-electron chi connectivity index (χ4n) is 3.13. The highest BCUT2D eigenvalue weighted by Gasteiger charge is 2.40. The maximum Gasteiger partial charge on any atom is 0.283 e. The highest BCUT2D eigenvalue weighted by molar-refractivity contribution is 8.04. The van der Waals surface area contributed by atoms with Crippen molar-refractivity contribution in [3.8, 4) is 11.5 Å². The van der Waals surface area contributed by atoms with Crippen LogP contribution in [0.25, 0.3) is 0 Å². The Morgan fingerprint density at radius 2 is 1.48 bits per heavy atom. The van der Waals surface area contributed by atoms with E-state index < -0.39 is 5.91 Å². The van der Waals surface area contributed by atoms with Gasteiger partial charge >= 0.3 is 0 Å². The van der Waals surface area contributed by atoms with Crippen molar-refractivity contribution in [1.29, 1.82) is 0 Å². The number of rotatable bonds is 7. The fraction of sp³-hybridized carbons (Fsp3) is 0.0833. The summed E-state index contributed by atoms with van der Waals surface area (Å²) in [7, 11) is 3.14. The van der Waals surface area contributed by atoms with E-state index in [1.54, 1.807) is 44.6 Å². The van der Waals surface area contributed by atoms with E-state index in [1.807, 2.05) is 48.5 Å². The summed E-state index contributed by atoms with van der Waals surface area (Å²) in [5.41, 5.74) is 1.35. The number of anilines is 2. The van der Waals surface area contributed by atoms with Crippen LogP contribution in [0.15, 0.2) is 94.4 Å². The number of amides is 2. The van der Waals surface area contributed by atoms with Crippen LogP contribution in [0.2, 0.25) is 0 Å². The Balaban J connectivity index is 1.72. The van der Waals surface area contributed by atoms with Gasteiger partial charge in [0.1, 0.15) is 22.1 Å². The molecule has 3 aromatic rings. The van der Waals surface area contributed by atoms with Crippen LogP contribution in [0.5, 0.6) is 11.5 Å². The molecule has 1 aliphatic heterocycles. The van der Waals surface area contributed by atoms with Crippen molar-refractivity contribution in [3.05, 3.63) is 89.5 Å². The van der Waals surface area contributed by atoms with Crippen LogP contribution in [0.1, 0.15) is 0 Å². The fourth-order valence-corrected chi connectivity index (χ4v) is 4.08. The number of benzene rings is 3. The number of carbonyl (C=O) groups excluding carboxylic acids is 2. The number of carbonyl (C=O) groups is 2. The van der Waals surface area contributed by atoms with E-state index in [-0.39, 0.29) is 11.6 Å². The van der Waals surface area contributed by atoms with E-state index in [0.717, 1.165) is 4.90 Å². The summed E-state index contributed by atoms with van der Waals surface area (Å²) in [5.74, 6) is 0.488. The number of methoxy groups -OCH3 is 2. The van der Waals surface area contributed by atoms with E-state index in [9.17, 15) is 9.59 Å². The van der Waals surface area contributed by atoms with Crippen molar-refractivity contribution in [2.24, 2.45) is 0 Å². The first-order valence-corrected chi connectivity index (χ1v) is 10.3. The lowest BCUT2D eigenvalue weighted by atomic mass is 10.2. The van der Waals surface area contributed by atoms with E-state index in [0.29, 0.717) is 27.8 Å². The first-order chi connectivity index (χ1) is 15.1. The third-order valence-corrected chi connectivity index (χ3v) is 5.76. The maximum absolute atomic E-state index is 13.3. The normalized spacial score (nSPS) is 13.5. The predicted molar refractivity (Wildman–Crippen MR) is 121 cm³/mol. The largest absolute Gasteiger partial charge is 0.497 e. The van der Waals surface area contributed by atoms with E-state index in [2.05, 4.69) is 5.32 Å². The van der Waals surface area contributed by atoms with Gasteiger partial charge in [0.05, 0.1) is 19.9 Å². The Bertz CT molecular complexity index is 1140. The van der Waals surface area contributed by atoms with Crippen LogP contribution >= 0.6 is 11.8 Å². The highest BCUT2D eigenvalue weighted by atomic mass is 32.2. The number of imide groups is 1. The Morgan fingerprint density at radius 1 is 0.774 bits per heavy atom. The molecule has 0 radical (unpaired) electrons. The van der Waals surface area contributed by atoms with Crippen molar-refractivity contribution >= 4 is 35.0 Å². The summed E-state index contributed by atoms with van der Waals surface area (Å²) >= 11 is 1.26. The molecule has 0 fully saturated rings. The summed E-state index contributed by atoms with van der Waals surface area (Å²) in [6, 6.07) is 23.5. The van der Waals surface area contributed by atoms with Gasteiger partial charge in [-0.05, 0) is 48.5 Å². The van der Waals surface area contributed by atoms with Crippen LogP contribution in [0.3, 0.4) is 0 Å². The molecule has 156 valence electrons. The molecule has 0 aromatic heterocycles. The van der Waals surface area contributed by atoms with Crippen molar-refractivity contribution < 1.29 is 19.1 Å². The quantitative estimate of drug-likeness (QED) is 0.546. The first kappa shape index (κ1) is 20.6. The Hall–Kier alpha value is -3.71. The average Bonchev–Trinajstić information content (AvgIpc) is 3.04. The minimum Gasteiger partial charge on any atom is -0.497 e. The van der Waals surface area contributed by atoms with Crippen LogP contribution in [-0.2, 0) is 9.59 Å². The van der Waals surface area contributed by atoms with Gasteiger partial charge in [-0.25, -0.2) is 4.90 Å². The van der Waals surface area contributed by atoms with Gasteiger partial charge in [0.15, 0.2) is 0 Å². The number of nitrogens with one attached hydrogen (secondary N) is 1. The molecule has 4 rings (SSSR count). The molecule has 31 heavy (non-hydrogen) atoms. The molecule has 1 N–H and O–H groups in total. The summed E-state index contributed by atoms with van der Waals surface area (Å²) in [6.07, 6.45) is 0. The van der Waals surface area contributed by atoms with Gasteiger partial charge in [-0.15, -0.1) is 0 Å². The minimum atomic E-state index is -0.420. The second kappa shape index (κ2) is 8.97. The smallest absolute Gasteiger partial charge is 0.283 e. The van der Waals surface area contributed by atoms with Gasteiger partial charge in [-0.3, -0.25) is 9.59 Å². The predicted octanol–water partition coefficient (Wildman–Crippen LogP) is 4.69. The van der Waals surface area contributed by atoms with Crippen molar-refractivity contribution in [1.82, 2.24) is 0 Å². The SMILES string of the molecule is COc1ccc(N2C(=O)C(Nc3cccc(OC)c3)=C(Sc3ccccc3)C2=O)cc1. The third-order valence-electron chi connectivity index (χ3n) is 4.67. The van der Waals surface area contributed by atoms with Crippen LogP contribution < -0.4 is 19.7 Å². The monoisotopic (exact) mass is 432 g/mol. The van der Waals surface area contributed by atoms with Gasteiger partial charge in [0.2, 0.25) is 0 Å². The van der Waals surface area contributed by atoms with Gasteiger partial charge in [0, 0.05) is 16.6 Å². The van der Waals surface area contributed by atoms with Crippen molar-refractivity contribution in [2.75, 3.05) is 24.4 Å². The molecule has 3 aromatic carbocycles. The Morgan fingerprint density at radius 3 is 2.16 bits per heavy atom. The van der Waals surface area contributed by atoms with E-state index in [4.69, 9.17) is 9.47 Å². The van der Waals surface area contributed by atoms with Crippen molar-refractivity contribution in [3.63, 3.8) is 0 Å². The summed E-state index contributed by atoms with van der Waals surface area (Å²) in [6.45, 7) is 0. The zero-order valence-corrected chi connectivity index (χ0v) is 17.8. The molecule has 1 aliphatic rings. The average molecular weight is 433 g/mol. The molecule has 0 aliphatic carbocycles. The van der Waals surface area contributed by atoms with Crippen LogP contribution in [-0.4, -0.2) is 26.0 Å². The lowest BCUT2D eigenvalue weighted by molar-refractivity contribution is -0.120. The molecule has 7 heteroatoms. The molecule has 0 spiro atoms. The van der Waals surface area contributed by atoms with Gasteiger partial charge in [0.25, 0.3) is 11.8 Å². The molecular weight excluding hydrogens is 412 g/mol. The minimum absolute atomic E-state index is 0.225. The summed E-state index contributed by atoms with van der Waals surface area (Å²) in [4.78, 5) is 29.0. The van der Waals surface area contributed by atoms with Gasteiger partial charge < -0.3 is 14.8 Å². The number of hydrogen-bond acceptors (Lipinski definition) is 6. The number of ether oxygens (including phenoxy) is 2. The van der Waals surface area contributed by atoms with Crippen molar-refractivity contribution in [2.45, 2.75) is 4.90 Å². The number of nitrogens with zero attached hydrogens (tertiary/aromatic N) is 1. The maximum atomic E-state index is 13.3. The number of thioether (sulfide) groups is 1. The summed E-state index contributed by atoms with van der Waals surface area (Å²) < 4.78 is 10.4. The summed E-state index contributed by atoms with van der Waals surface area (Å²) in [5, 5.41) is 3.13. The van der Waals surface area contributed by atoms with E-state index in [1.165, 1.54) is 16.7 Å². The third kappa shape index (κ3) is 4.27. The molecule has 0 saturated heterocycles. The molecule has 0 bridgehead atoms. The zero-order valence-electron chi connectivity index (χ0n) is 17.0. The first-order valence-electron chi connectivity index (χ1n) is 9.52. The second-order valence-corrected chi connectivity index (χ2v) is 7.70. The molecule has 0 atom stereocenters. The van der Waals surface area contributed by atoms with Crippen LogP contribution in [0, 0.1) is 0 Å². The molecule has 0 unspecified atom stereocenters. The molecule has 0 saturated carbocycles. The Labute approximate surface area is 184 Å². The molecular formula is C24H20N2O4S. The Kier molecular flexibility index (Phi) is 5.95. The van der Waals surface area contributed by atoms with E-state index >= 15 is 0 Å². The molecule has 2 amide bonds. The zero-order chi connectivity index (χ0) is 21.8. The second-order valence-electron chi connectivity index (χ2n) is 6.62. The van der Waals surface area contributed by atoms with Gasteiger partial charge in [-0.1, -0.05) is 36.0 Å². The number of hydrogen-bond donors (Lipinski definition) is 1. The van der Waals surface area contributed by atoms with Crippen LogP contribution in [0.4, 0.5) is 11.4 Å². The topological polar surface area (TPSA) is 67.9 Å².